The van der Waals surface area contributed by atoms with Crippen LogP contribution >= 0.6 is 0 Å². The van der Waals surface area contributed by atoms with Gasteiger partial charge in [-0.25, -0.2) is 0 Å². The minimum absolute atomic E-state index is 0.866. The van der Waals surface area contributed by atoms with Gasteiger partial charge in [-0.15, -0.1) is 0 Å². The van der Waals surface area contributed by atoms with Crippen molar-refractivity contribution in [2.45, 2.75) is 6.92 Å². The number of hydrogen-bond donors (Lipinski definition) is 1. The minimum Gasteiger partial charge on any atom is -0.496 e. The molecule has 0 amide bonds. The molecule has 68 valence electrons. The average Bonchev–Trinajstić information content (AvgIpc) is 2.43. The fraction of sp³-hybridized carbons (Fsp3) is 0.200. The summed E-state index contributed by atoms with van der Waals surface area (Å²) in [6.45, 7) is 1.97. The summed E-state index contributed by atoms with van der Waals surface area (Å²) >= 11 is 0. The third-order valence-electron chi connectivity index (χ3n) is 2.26. The molecule has 0 aliphatic heterocycles. The maximum Gasteiger partial charge on any atom is 0.128 e. The van der Waals surface area contributed by atoms with Crippen molar-refractivity contribution in [3.63, 3.8) is 0 Å². The van der Waals surface area contributed by atoms with Gasteiger partial charge in [-0.1, -0.05) is 6.07 Å². The Kier molecular flexibility index (Phi) is 1.65. The monoisotopic (exact) mass is 176 g/mol. The van der Waals surface area contributed by atoms with E-state index >= 15 is 0 Å². The molecule has 0 fully saturated rings. The van der Waals surface area contributed by atoms with Gasteiger partial charge in [-0.3, -0.25) is 4.68 Å². The first kappa shape index (κ1) is 7.98. The highest BCUT2D eigenvalue weighted by molar-refractivity contribution is 5.87. The van der Waals surface area contributed by atoms with Crippen LogP contribution in [0.1, 0.15) is 5.69 Å². The molecule has 1 aromatic carbocycles. The summed E-state index contributed by atoms with van der Waals surface area (Å²) in [7, 11) is 1.66. The van der Waals surface area contributed by atoms with Gasteiger partial charge in [0.1, 0.15) is 5.75 Å². The van der Waals surface area contributed by atoms with Crippen LogP contribution in [0.5, 0.6) is 5.75 Å². The van der Waals surface area contributed by atoms with E-state index in [1.165, 1.54) is 0 Å². The number of ether oxygens (including phenoxy) is 1. The molecule has 13 heavy (non-hydrogen) atoms. The maximum absolute atomic E-state index is 5.82. The summed E-state index contributed by atoms with van der Waals surface area (Å²) in [5, 5.41) is 1.06. The van der Waals surface area contributed by atoms with Gasteiger partial charge < -0.3 is 10.6 Å². The van der Waals surface area contributed by atoms with Gasteiger partial charge >= 0.3 is 0 Å². The van der Waals surface area contributed by atoms with E-state index < -0.39 is 0 Å². The third kappa shape index (κ3) is 1.04. The molecule has 2 rings (SSSR count). The van der Waals surface area contributed by atoms with Gasteiger partial charge in [0.25, 0.3) is 0 Å². The summed E-state index contributed by atoms with van der Waals surface area (Å²) in [4.78, 5) is 0. The Bertz CT molecular complexity index is 445. The van der Waals surface area contributed by atoms with Crippen LogP contribution in [0.15, 0.2) is 24.3 Å². The molecule has 0 atom stereocenters. The van der Waals surface area contributed by atoms with Crippen molar-refractivity contribution in [3.8, 4) is 5.75 Å². The number of hydrogen-bond acceptors (Lipinski definition) is 2. The second kappa shape index (κ2) is 2.69. The lowest BCUT2D eigenvalue weighted by atomic mass is 10.2. The van der Waals surface area contributed by atoms with Crippen molar-refractivity contribution in [3.05, 3.63) is 30.0 Å². The van der Waals surface area contributed by atoms with Gasteiger partial charge in [0.15, 0.2) is 0 Å². The quantitative estimate of drug-likeness (QED) is 0.671. The zero-order valence-corrected chi connectivity index (χ0v) is 7.74. The molecule has 0 aliphatic rings. The molecule has 0 unspecified atom stereocenters. The number of benzene rings is 1. The first-order valence-corrected chi connectivity index (χ1v) is 4.14. The second-order valence-electron chi connectivity index (χ2n) is 3.05. The number of methoxy groups -OCH3 is 1. The predicted molar refractivity (Wildman–Crippen MR) is 53.4 cm³/mol. The van der Waals surface area contributed by atoms with Crippen LogP contribution in [0.4, 0.5) is 0 Å². The van der Waals surface area contributed by atoms with Gasteiger partial charge in [0.2, 0.25) is 0 Å². The number of aromatic nitrogens is 1. The Labute approximate surface area is 76.7 Å². The van der Waals surface area contributed by atoms with Crippen molar-refractivity contribution >= 4 is 10.9 Å². The summed E-state index contributed by atoms with van der Waals surface area (Å²) < 4.78 is 6.89. The Balaban J connectivity index is 2.84. The molecule has 0 aliphatic carbocycles. The standard InChI is InChI=1S/C10H12N2O/c1-7-6-8-9(12(7)11)4-3-5-10(8)13-2/h3-6H,11H2,1-2H3. The van der Waals surface area contributed by atoms with Gasteiger partial charge in [0, 0.05) is 11.1 Å². The topological polar surface area (TPSA) is 40.2 Å². The van der Waals surface area contributed by atoms with Gasteiger partial charge in [-0.05, 0) is 25.1 Å². The lowest BCUT2D eigenvalue weighted by Crippen LogP contribution is -2.08. The summed E-state index contributed by atoms with van der Waals surface area (Å²) in [5.41, 5.74) is 2.02. The second-order valence-corrected chi connectivity index (χ2v) is 3.05. The third-order valence-corrected chi connectivity index (χ3v) is 2.26. The van der Waals surface area contributed by atoms with Gasteiger partial charge in [-0.2, -0.15) is 0 Å². The first-order chi connectivity index (χ1) is 6.24. The Morgan fingerprint density at radius 1 is 1.38 bits per heavy atom. The number of nitrogen functional groups attached to an aromatic ring is 1. The molecule has 0 spiro atoms. The molecule has 2 N–H and O–H groups in total. The van der Waals surface area contributed by atoms with Crippen molar-refractivity contribution in [1.82, 2.24) is 4.68 Å². The normalized spacial score (nSPS) is 10.6. The largest absolute Gasteiger partial charge is 0.496 e. The number of fused-ring (bicyclic) bond motifs is 1. The number of aryl methyl sites for hydroxylation is 1. The van der Waals surface area contributed by atoms with E-state index in [2.05, 4.69) is 0 Å². The molecule has 3 nitrogen and oxygen atoms in total. The van der Waals surface area contributed by atoms with Crippen molar-refractivity contribution in [2.75, 3.05) is 13.0 Å². The molecule has 3 heteroatoms. The molecule has 0 radical (unpaired) electrons. The highest BCUT2D eigenvalue weighted by Crippen LogP contribution is 2.26. The highest BCUT2D eigenvalue weighted by atomic mass is 16.5. The van der Waals surface area contributed by atoms with Crippen LogP contribution in [-0.4, -0.2) is 11.8 Å². The van der Waals surface area contributed by atoms with Crippen molar-refractivity contribution < 1.29 is 4.74 Å². The Morgan fingerprint density at radius 3 is 2.85 bits per heavy atom. The van der Waals surface area contributed by atoms with Crippen molar-refractivity contribution in [2.24, 2.45) is 0 Å². The van der Waals surface area contributed by atoms with E-state index in [-0.39, 0.29) is 0 Å². The van der Waals surface area contributed by atoms with Crippen LogP contribution in [0.3, 0.4) is 0 Å². The minimum atomic E-state index is 0.866. The van der Waals surface area contributed by atoms with E-state index in [9.17, 15) is 0 Å². The van der Waals surface area contributed by atoms with E-state index in [1.54, 1.807) is 11.8 Å². The fourth-order valence-corrected chi connectivity index (χ4v) is 1.53. The summed E-state index contributed by atoms with van der Waals surface area (Å²) in [5.74, 6) is 6.69. The van der Waals surface area contributed by atoms with Crippen LogP contribution in [0, 0.1) is 6.92 Å². The fourth-order valence-electron chi connectivity index (χ4n) is 1.53. The molecular weight excluding hydrogens is 164 g/mol. The smallest absolute Gasteiger partial charge is 0.128 e. The predicted octanol–water partition coefficient (Wildman–Crippen LogP) is 1.67. The van der Waals surface area contributed by atoms with E-state index in [1.807, 2.05) is 31.2 Å². The highest BCUT2D eigenvalue weighted by Gasteiger charge is 2.06. The molecule has 0 saturated carbocycles. The number of nitrogens with two attached hydrogens (primary N) is 1. The van der Waals surface area contributed by atoms with Gasteiger partial charge in [0.05, 0.1) is 12.6 Å². The van der Waals surface area contributed by atoms with E-state index in [0.717, 1.165) is 22.3 Å². The molecule has 1 heterocycles. The lowest BCUT2D eigenvalue weighted by molar-refractivity contribution is 0.420. The van der Waals surface area contributed by atoms with Crippen LogP contribution in [0.2, 0.25) is 0 Å². The number of nitrogens with zero attached hydrogens (tertiary/aromatic N) is 1. The average molecular weight is 176 g/mol. The SMILES string of the molecule is COc1cccc2c1cc(C)n2N. The Hall–Kier alpha value is -1.64. The Morgan fingerprint density at radius 2 is 2.15 bits per heavy atom. The summed E-state index contributed by atoms with van der Waals surface area (Å²) in [6, 6.07) is 7.87. The van der Waals surface area contributed by atoms with Crippen LogP contribution in [-0.2, 0) is 0 Å². The van der Waals surface area contributed by atoms with E-state index in [4.69, 9.17) is 10.6 Å². The molecular formula is C10H12N2O. The lowest BCUT2D eigenvalue weighted by Gasteiger charge is -2.01. The van der Waals surface area contributed by atoms with Crippen LogP contribution in [0.25, 0.3) is 10.9 Å². The first-order valence-electron chi connectivity index (χ1n) is 4.14. The number of rotatable bonds is 1. The molecule has 1 aromatic heterocycles. The zero-order valence-electron chi connectivity index (χ0n) is 7.74. The van der Waals surface area contributed by atoms with Crippen molar-refractivity contribution in [1.29, 1.82) is 0 Å². The summed E-state index contributed by atoms with van der Waals surface area (Å²) in [6.07, 6.45) is 0. The van der Waals surface area contributed by atoms with Crippen LogP contribution < -0.4 is 10.6 Å². The molecule has 2 aromatic rings. The molecule has 0 bridgehead atoms. The maximum atomic E-state index is 5.82. The van der Waals surface area contributed by atoms with E-state index in [0.29, 0.717) is 0 Å². The zero-order chi connectivity index (χ0) is 9.42. The molecule has 0 saturated heterocycles.